The van der Waals surface area contributed by atoms with Crippen molar-refractivity contribution in [2.24, 2.45) is 0 Å². The lowest BCUT2D eigenvalue weighted by Gasteiger charge is -2.18. The highest BCUT2D eigenvalue weighted by Gasteiger charge is 2.15. The molecule has 6 heteroatoms. The molecule has 2 heterocycles. The van der Waals surface area contributed by atoms with Gasteiger partial charge in [-0.3, -0.25) is 14.6 Å². The van der Waals surface area contributed by atoms with Gasteiger partial charge in [0, 0.05) is 50.5 Å². The van der Waals surface area contributed by atoms with E-state index in [-0.39, 0.29) is 11.8 Å². The van der Waals surface area contributed by atoms with Crippen molar-refractivity contribution >= 4 is 23.2 Å². The van der Waals surface area contributed by atoms with E-state index in [2.05, 4.69) is 22.1 Å². The SMILES string of the molecule is CCCCN(C)C(=O)c1cncc(C(=O)Nc2ccc(N3CCCC3)cc2)c1. The molecule has 1 aliphatic rings. The molecule has 0 unspecified atom stereocenters. The van der Waals surface area contributed by atoms with Gasteiger partial charge in [-0.2, -0.15) is 0 Å². The first-order chi connectivity index (χ1) is 13.6. The van der Waals surface area contributed by atoms with Gasteiger partial charge in [-0.05, 0) is 49.6 Å². The van der Waals surface area contributed by atoms with E-state index in [1.165, 1.54) is 30.9 Å². The Kier molecular flexibility index (Phi) is 6.63. The van der Waals surface area contributed by atoms with Crippen LogP contribution in [0.25, 0.3) is 0 Å². The number of unbranched alkanes of at least 4 members (excludes halogenated alkanes) is 1. The summed E-state index contributed by atoms with van der Waals surface area (Å²) >= 11 is 0. The number of nitrogens with one attached hydrogen (secondary N) is 1. The van der Waals surface area contributed by atoms with Crippen LogP contribution in [0.3, 0.4) is 0 Å². The molecule has 2 aromatic rings. The van der Waals surface area contributed by atoms with Crippen molar-refractivity contribution in [3.8, 4) is 0 Å². The molecule has 28 heavy (non-hydrogen) atoms. The Morgan fingerprint density at radius 1 is 1.11 bits per heavy atom. The Balaban J connectivity index is 1.65. The second-order valence-electron chi connectivity index (χ2n) is 7.24. The summed E-state index contributed by atoms with van der Waals surface area (Å²) in [6.45, 7) is 4.95. The number of carbonyl (C=O) groups is 2. The van der Waals surface area contributed by atoms with Gasteiger partial charge in [0.1, 0.15) is 0 Å². The molecule has 1 aromatic carbocycles. The van der Waals surface area contributed by atoms with Crippen LogP contribution in [-0.2, 0) is 0 Å². The number of hydrogen-bond donors (Lipinski definition) is 1. The molecular formula is C22H28N4O2. The molecule has 2 amide bonds. The number of hydrogen-bond acceptors (Lipinski definition) is 4. The van der Waals surface area contributed by atoms with Gasteiger partial charge < -0.3 is 15.1 Å². The average Bonchev–Trinajstić information content (AvgIpc) is 3.27. The van der Waals surface area contributed by atoms with E-state index in [1.807, 2.05) is 24.3 Å². The number of anilines is 2. The van der Waals surface area contributed by atoms with E-state index in [4.69, 9.17) is 0 Å². The summed E-state index contributed by atoms with van der Waals surface area (Å²) in [4.78, 5) is 33.2. The molecule has 0 aliphatic carbocycles. The van der Waals surface area contributed by atoms with E-state index in [1.54, 1.807) is 18.0 Å². The largest absolute Gasteiger partial charge is 0.372 e. The molecule has 1 N–H and O–H groups in total. The summed E-state index contributed by atoms with van der Waals surface area (Å²) in [6.07, 6.45) is 7.42. The minimum Gasteiger partial charge on any atom is -0.372 e. The lowest BCUT2D eigenvalue weighted by Crippen LogP contribution is -2.28. The molecule has 0 saturated carbocycles. The zero-order chi connectivity index (χ0) is 19.9. The van der Waals surface area contributed by atoms with Crippen LogP contribution in [-0.4, -0.2) is 48.4 Å². The summed E-state index contributed by atoms with van der Waals surface area (Å²) in [7, 11) is 1.77. The van der Waals surface area contributed by atoms with E-state index in [0.29, 0.717) is 17.7 Å². The second-order valence-corrected chi connectivity index (χ2v) is 7.24. The molecule has 0 radical (unpaired) electrons. The summed E-state index contributed by atoms with van der Waals surface area (Å²) < 4.78 is 0. The van der Waals surface area contributed by atoms with Crippen molar-refractivity contribution in [2.45, 2.75) is 32.6 Å². The van der Waals surface area contributed by atoms with Crippen LogP contribution in [0, 0.1) is 0 Å². The number of amides is 2. The quantitative estimate of drug-likeness (QED) is 0.793. The molecule has 6 nitrogen and oxygen atoms in total. The first-order valence-electron chi connectivity index (χ1n) is 9.95. The lowest BCUT2D eigenvalue weighted by atomic mass is 10.1. The molecule has 1 aromatic heterocycles. The average molecular weight is 380 g/mol. The third-order valence-corrected chi connectivity index (χ3v) is 5.04. The van der Waals surface area contributed by atoms with Crippen LogP contribution in [0.15, 0.2) is 42.7 Å². The summed E-state index contributed by atoms with van der Waals surface area (Å²) in [6, 6.07) is 9.48. The maximum Gasteiger partial charge on any atom is 0.257 e. The fourth-order valence-corrected chi connectivity index (χ4v) is 3.33. The number of rotatable bonds is 7. The zero-order valence-corrected chi connectivity index (χ0v) is 16.6. The smallest absolute Gasteiger partial charge is 0.257 e. The Labute approximate surface area is 166 Å². The van der Waals surface area contributed by atoms with E-state index < -0.39 is 0 Å². The molecule has 1 aliphatic heterocycles. The topological polar surface area (TPSA) is 65.5 Å². The maximum absolute atomic E-state index is 12.6. The van der Waals surface area contributed by atoms with Crippen LogP contribution in [0.1, 0.15) is 53.3 Å². The van der Waals surface area contributed by atoms with Gasteiger partial charge in [0.2, 0.25) is 0 Å². The summed E-state index contributed by atoms with van der Waals surface area (Å²) in [5.74, 6) is -0.391. The monoisotopic (exact) mass is 380 g/mol. The minimum absolute atomic E-state index is 0.120. The Morgan fingerprint density at radius 3 is 2.46 bits per heavy atom. The number of pyridine rings is 1. The summed E-state index contributed by atoms with van der Waals surface area (Å²) in [5.41, 5.74) is 2.71. The van der Waals surface area contributed by atoms with Crippen molar-refractivity contribution in [1.82, 2.24) is 9.88 Å². The summed E-state index contributed by atoms with van der Waals surface area (Å²) in [5, 5.41) is 2.88. The van der Waals surface area contributed by atoms with Crippen LogP contribution >= 0.6 is 0 Å². The molecule has 0 bridgehead atoms. The van der Waals surface area contributed by atoms with Crippen LogP contribution in [0.5, 0.6) is 0 Å². The van der Waals surface area contributed by atoms with Gasteiger partial charge in [-0.15, -0.1) is 0 Å². The maximum atomic E-state index is 12.6. The fourth-order valence-electron chi connectivity index (χ4n) is 3.33. The molecule has 0 spiro atoms. The molecule has 148 valence electrons. The number of carbonyl (C=O) groups excluding carboxylic acids is 2. The Bertz CT molecular complexity index is 814. The van der Waals surface area contributed by atoms with Crippen molar-refractivity contribution in [1.29, 1.82) is 0 Å². The first-order valence-corrected chi connectivity index (χ1v) is 9.95. The standard InChI is InChI=1S/C22H28N4O2/c1-3-4-11-25(2)22(28)18-14-17(15-23-16-18)21(27)24-19-7-9-20(10-8-19)26-12-5-6-13-26/h7-10,14-16H,3-6,11-13H2,1-2H3,(H,24,27). The van der Waals surface area contributed by atoms with Gasteiger partial charge >= 0.3 is 0 Å². The Morgan fingerprint density at radius 2 is 1.79 bits per heavy atom. The fraction of sp³-hybridized carbons (Fsp3) is 0.409. The first kappa shape index (κ1) is 19.9. The van der Waals surface area contributed by atoms with Gasteiger partial charge in [-0.25, -0.2) is 0 Å². The molecular weight excluding hydrogens is 352 g/mol. The van der Waals surface area contributed by atoms with Crippen molar-refractivity contribution in [2.75, 3.05) is 36.9 Å². The van der Waals surface area contributed by atoms with E-state index >= 15 is 0 Å². The highest BCUT2D eigenvalue weighted by Crippen LogP contribution is 2.22. The van der Waals surface area contributed by atoms with Gasteiger partial charge in [0.05, 0.1) is 11.1 Å². The van der Waals surface area contributed by atoms with Gasteiger partial charge in [0.25, 0.3) is 11.8 Å². The van der Waals surface area contributed by atoms with E-state index in [0.717, 1.165) is 31.6 Å². The van der Waals surface area contributed by atoms with Crippen LogP contribution in [0.2, 0.25) is 0 Å². The van der Waals surface area contributed by atoms with Crippen LogP contribution in [0.4, 0.5) is 11.4 Å². The third kappa shape index (κ3) is 4.88. The van der Waals surface area contributed by atoms with Gasteiger partial charge in [0.15, 0.2) is 0 Å². The van der Waals surface area contributed by atoms with Gasteiger partial charge in [-0.1, -0.05) is 13.3 Å². The third-order valence-electron chi connectivity index (χ3n) is 5.04. The van der Waals surface area contributed by atoms with Crippen molar-refractivity contribution in [3.05, 3.63) is 53.9 Å². The molecule has 1 saturated heterocycles. The highest BCUT2D eigenvalue weighted by atomic mass is 16.2. The van der Waals surface area contributed by atoms with E-state index in [9.17, 15) is 9.59 Å². The lowest BCUT2D eigenvalue weighted by molar-refractivity contribution is 0.0793. The number of benzene rings is 1. The van der Waals surface area contributed by atoms with Crippen LogP contribution < -0.4 is 10.2 Å². The minimum atomic E-state index is -0.271. The van der Waals surface area contributed by atoms with Crippen molar-refractivity contribution < 1.29 is 9.59 Å². The molecule has 0 atom stereocenters. The zero-order valence-electron chi connectivity index (χ0n) is 16.6. The normalized spacial score (nSPS) is 13.4. The molecule has 3 rings (SSSR count). The highest BCUT2D eigenvalue weighted by molar-refractivity contribution is 6.05. The predicted octanol–water partition coefficient (Wildman–Crippen LogP) is 3.81. The number of nitrogens with zero attached hydrogens (tertiary/aromatic N) is 3. The second kappa shape index (κ2) is 9.35. The number of aromatic nitrogens is 1. The van der Waals surface area contributed by atoms with Crippen molar-refractivity contribution in [3.63, 3.8) is 0 Å². The molecule has 1 fully saturated rings. The predicted molar refractivity (Wildman–Crippen MR) is 112 cm³/mol. The Hall–Kier alpha value is -2.89.